The minimum Gasteiger partial charge on any atom is -0.396 e. The molecule has 3 heterocycles. The van der Waals surface area contributed by atoms with Gasteiger partial charge in [0.2, 0.25) is 0 Å². The van der Waals surface area contributed by atoms with Gasteiger partial charge >= 0.3 is 0 Å². The molecule has 3 rings (SSSR count). The van der Waals surface area contributed by atoms with Gasteiger partial charge in [-0.05, 0) is 28.8 Å². The van der Waals surface area contributed by atoms with Crippen molar-refractivity contribution in [1.29, 1.82) is 0 Å². The highest BCUT2D eigenvalue weighted by atomic mass is 32.1. The standard InChI is InChI=1S/C15H18N4OS/c1-18-5-3-16-14(18)15-17-4-6-19(15)9-13(10-20)8-12-2-7-21-11-12/h2-7,11,13,20H,8-10H2,1H3. The Balaban J connectivity index is 1.78. The highest BCUT2D eigenvalue weighted by Crippen LogP contribution is 2.18. The molecule has 0 saturated carbocycles. The van der Waals surface area contributed by atoms with Crippen LogP contribution in [0.1, 0.15) is 5.56 Å². The lowest BCUT2D eigenvalue weighted by atomic mass is 10.0. The van der Waals surface area contributed by atoms with Crippen LogP contribution >= 0.6 is 11.3 Å². The maximum absolute atomic E-state index is 9.65. The first-order valence-electron chi connectivity index (χ1n) is 6.88. The van der Waals surface area contributed by atoms with Gasteiger partial charge in [-0.25, -0.2) is 9.97 Å². The first-order chi connectivity index (χ1) is 10.3. The first-order valence-corrected chi connectivity index (χ1v) is 7.83. The summed E-state index contributed by atoms with van der Waals surface area (Å²) >= 11 is 1.69. The third-order valence-electron chi connectivity index (χ3n) is 3.55. The minimum absolute atomic E-state index is 0.161. The van der Waals surface area contributed by atoms with E-state index < -0.39 is 0 Å². The number of aromatic nitrogens is 4. The lowest BCUT2D eigenvalue weighted by Gasteiger charge is -2.16. The second kappa shape index (κ2) is 6.24. The van der Waals surface area contributed by atoms with Crippen molar-refractivity contribution >= 4 is 11.3 Å². The van der Waals surface area contributed by atoms with E-state index in [-0.39, 0.29) is 12.5 Å². The van der Waals surface area contributed by atoms with Gasteiger partial charge in [0.25, 0.3) is 0 Å². The number of rotatable bonds is 6. The molecule has 21 heavy (non-hydrogen) atoms. The Hall–Kier alpha value is -1.92. The molecule has 0 spiro atoms. The van der Waals surface area contributed by atoms with E-state index in [4.69, 9.17) is 0 Å². The molecule has 110 valence electrons. The molecule has 1 N–H and O–H groups in total. The van der Waals surface area contributed by atoms with Gasteiger partial charge < -0.3 is 14.2 Å². The fourth-order valence-electron chi connectivity index (χ4n) is 2.45. The number of imidazole rings is 2. The Bertz CT molecular complexity index is 686. The Morgan fingerprint density at radius 3 is 2.71 bits per heavy atom. The molecular formula is C15H18N4OS. The van der Waals surface area contributed by atoms with Crippen LogP contribution < -0.4 is 0 Å². The lowest BCUT2D eigenvalue weighted by Crippen LogP contribution is -2.17. The average Bonchev–Trinajstić information content (AvgIpc) is 3.20. The van der Waals surface area contributed by atoms with Crippen molar-refractivity contribution in [2.24, 2.45) is 13.0 Å². The van der Waals surface area contributed by atoms with Crippen LogP contribution in [0, 0.1) is 5.92 Å². The molecule has 0 aliphatic heterocycles. The van der Waals surface area contributed by atoms with E-state index in [1.54, 1.807) is 23.7 Å². The topological polar surface area (TPSA) is 55.9 Å². The van der Waals surface area contributed by atoms with Crippen LogP contribution in [0.2, 0.25) is 0 Å². The molecule has 0 aliphatic carbocycles. The number of thiophene rings is 1. The van der Waals surface area contributed by atoms with E-state index in [1.165, 1.54) is 5.56 Å². The highest BCUT2D eigenvalue weighted by molar-refractivity contribution is 7.07. The molecule has 1 atom stereocenters. The number of aliphatic hydroxyl groups excluding tert-OH is 1. The Morgan fingerprint density at radius 1 is 1.24 bits per heavy atom. The van der Waals surface area contributed by atoms with Gasteiger partial charge in [-0.2, -0.15) is 11.3 Å². The maximum Gasteiger partial charge on any atom is 0.176 e. The number of aryl methyl sites for hydroxylation is 1. The highest BCUT2D eigenvalue weighted by Gasteiger charge is 2.15. The van der Waals surface area contributed by atoms with E-state index in [1.807, 2.05) is 24.0 Å². The summed E-state index contributed by atoms with van der Waals surface area (Å²) in [5, 5.41) is 13.9. The molecule has 1 unspecified atom stereocenters. The summed E-state index contributed by atoms with van der Waals surface area (Å²) in [4.78, 5) is 8.75. The molecule has 0 radical (unpaired) electrons. The summed E-state index contributed by atoms with van der Waals surface area (Å²) in [7, 11) is 1.95. The van der Waals surface area contributed by atoms with Crippen molar-refractivity contribution < 1.29 is 5.11 Å². The van der Waals surface area contributed by atoms with Gasteiger partial charge in [0, 0.05) is 50.9 Å². The number of hydrogen-bond donors (Lipinski definition) is 1. The summed E-state index contributed by atoms with van der Waals surface area (Å²) in [5.41, 5.74) is 1.28. The molecule has 0 fully saturated rings. The smallest absolute Gasteiger partial charge is 0.176 e. The van der Waals surface area contributed by atoms with Crippen LogP contribution in [0.4, 0.5) is 0 Å². The lowest BCUT2D eigenvalue weighted by molar-refractivity contribution is 0.210. The molecule has 6 heteroatoms. The van der Waals surface area contributed by atoms with Gasteiger partial charge in [0.05, 0.1) is 0 Å². The van der Waals surface area contributed by atoms with Gasteiger partial charge in [0.15, 0.2) is 11.6 Å². The summed E-state index contributed by atoms with van der Waals surface area (Å²) in [6.45, 7) is 0.891. The quantitative estimate of drug-likeness (QED) is 0.759. The van der Waals surface area contributed by atoms with Crippen LogP contribution in [0.3, 0.4) is 0 Å². The van der Waals surface area contributed by atoms with Crippen molar-refractivity contribution in [3.05, 3.63) is 47.2 Å². The number of aliphatic hydroxyl groups is 1. The van der Waals surface area contributed by atoms with Crippen molar-refractivity contribution in [3.8, 4) is 11.6 Å². The Kier molecular flexibility index (Phi) is 4.17. The van der Waals surface area contributed by atoms with Gasteiger partial charge in [-0.15, -0.1) is 0 Å². The van der Waals surface area contributed by atoms with Crippen LogP contribution in [0.25, 0.3) is 11.6 Å². The van der Waals surface area contributed by atoms with Gasteiger partial charge in [-0.1, -0.05) is 0 Å². The summed E-state index contributed by atoms with van der Waals surface area (Å²) in [5.74, 6) is 1.85. The number of nitrogens with zero attached hydrogens (tertiary/aromatic N) is 4. The number of hydrogen-bond acceptors (Lipinski definition) is 4. The zero-order valence-corrected chi connectivity index (χ0v) is 12.7. The van der Waals surface area contributed by atoms with E-state index in [0.717, 1.165) is 24.6 Å². The molecule has 3 aromatic heterocycles. The molecular weight excluding hydrogens is 284 g/mol. The van der Waals surface area contributed by atoms with Crippen LogP contribution in [0.15, 0.2) is 41.6 Å². The zero-order valence-electron chi connectivity index (χ0n) is 11.9. The third-order valence-corrected chi connectivity index (χ3v) is 4.29. The fraction of sp³-hybridized carbons (Fsp3) is 0.333. The van der Waals surface area contributed by atoms with E-state index in [2.05, 4.69) is 31.4 Å². The van der Waals surface area contributed by atoms with Crippen LogP contribution in [0.5, 0.6) is 0 Å². The Morgan fingerprint density at radius 2 is 2.05 bits per heavy atom. The molecule has 3 aromatic rings. The van der Waals surface area contributed by atoms with Crippen LogP contribution in [-0.2, 0) is 20.0 Å². The van der Waals surface area contributed by atoms with Gasteiger partial charge in [0.1, 0.15) is 0 Å². The first kappa shape index (κ1) is 14.0. The molecule has 0 bridgehead atoms. The van der Waals surface area contributed by atoms with E-state index in [9.17, 15) is 5.11 Å². The van der Waals surface area contributed by atoms with Crippen molar-refractivity contribution in [3.63, 3.8) is 0 Å². The summed E-state index contributed by atoms with van der Waals surface area (Å²) in [6.07, 6.45) is 8.27. The monoisotopic (exact) mass is 302 g/mol. The van der Waals surface area contributed by atoms with Crippen LogP contribution in [-0.4, -0.2) is 30.8 Å². The predicted molar refractivity (Wildman–Crippen MR) is 83.0 cm³/mol. The second-order valence-electron chi connectivity index (χ2n) is 5.15. The minimum atomic E-state index is 0.161. The molecule has 5 nitrogen and oxygen atoms in total. The SMILES string of the molecule is Cn1ccnc1-c1nccn1CC(CO)Cc1ccsc1. The molecule has 0 amide bonds. The molecule has 0 saturated heterocycles. The van der Waals surface area contributed by atoms with Crippen molar-refractivity contribution in [2.75, 3.05) is 6.61 Å². The molecule has 0 aliphatic rings. The van der Waals surface area contributed by atoms with E-state index in [0.29, 0.717) is 0 Å². The summed E-state index contributed by atoms with van der Waals surface area (Å²) in [6, 6.07) is 2.11. The fourth-order valence-corrected chi connectivity index (χ4v) is 3.13. The third kappa shape index (κ3) is 3.06. The summed E-state index contributed by atoms with van der Waals surface area (Å²) < 4.78 is 4.02. The largest absolute Gasteiger partial charge is 0.396 e. The zero-order chi connectivity index (χ0) is 14.7. The maximum atomic E-state index is 9.65. The van der Waals surface area contributed by atoms with Crippen molar-refractivity contribution in [2.45, 2.75) is 13.0 Å². The predicted octanol–water partition coefficient (Wildman–Crippen LogP) is 2.20. The van der Waals surface area contributed by atoms with Gasteiger partial charge in [-0.3, -0.25) is 0 Å². The normalized spacial score (nSPS) is 12.7. The molecule has 0 aromatic carbocycles. The van der Waals surface area contributed by atoms with Crippen molar-refractivity contribution in [1.82, 2.24) is 19.1 Å². The second-order valence-corrected chi connectivity index (χ2v) is 5.93. The Labute approximate surface area is 127 Å². The average molecular weight is 302 g/mol. The van der Waals surface area contributed by atoms with E-state index >= 15 is 0 Å².